The Morgan fingerprint density at radius 3 is 2.33 bits per heavy atom. The number of ether oxygens (including phenoxy) is 2. The zero-order valence-electron chi connectivity index (χ0n) is 17.4. The standard InChI is InChI=1S/C22H28N2O5S/c1-28-18-8-6-17(7-9-18)12-13-23-30(26,27)19-10-11-21(29-2)20(16-19)22(25)24-14-4-3-5-15-24/h6-11,16,23H,3-5,12-15H2,1-2H3. The number of piperidine rings is 1. The average Bonchev–Trinajstić information content (AvgIpc) is 2.79. The number of rotatable bonds is 8. The van der Waals surface area contributed by atoms with Gasteiger partial charge in [-0.1, -0.05) is 12.1 Å². The van der Waals surface area contributed by atoms with E-state index in [1.54, 1.807) is 12.0 Å². The molecule has 0 saturated carbocycles. The van der Waals surface area contributed by atoms with Crippen molar-refractivity contribution in [3.8, 4) is 11.5 Å². The molecule has 3 rings (SSSR count). The minimum Gasteiger partial charge on any atom is -0.497 e. The van der Waals surface area contributed by atoms with Crippen LogP contribution in [0.4, 0.5) is 0 Å². The Hall–Kier alpha value is -2.58. The van der Waals surface area contributed by atoms with Crippen molar-refractivity contribution in [3.63, 3.8) is 0 Å². The van der Waals surface area contributed by atoms with Gasteiger partial charge in [0.15, 0.2) is 0 Å². The molecule has 1 fully saturated rings. The second-order valence-electron chi connectivity index (χ2n) is 7.21. The molecule has 7 nitrogen and oxygen atoms in total. The van der Waals surface area contributed by atoms with E-state index in [0.717, 1.165) is 30.6 Å². The summed E-state index contributed by atoms with van der Waals surface area (Å²) < 4.78 is 38.6. The number of carbonyl (C=O) groups is 1. The lowest BCUT2D eigenvalue weighted by molar-refractivity contribution is 0.0720. The smallest absolute Gasteiger partial charge is 0.257 e. The first kappa shape index (κ1) is 22.1. The molecule has 0 radical (unpaired) electrons. The molecular weight excluding hydrogens is 404 g/mol. The van der Waals surface area contributed by atoms with Gasteiger partial charge in [0.25, 0.3) is 5.91 Å². The predicted molar refractivity (Wildman–Crippen MR) is 115 cm³/mol. The lowest BCUT2D eigenvalue weighted by atomic mass is 10.1. The third-order valence-electron chi connectivity index (χ3n) is 5.22. The molecule has 1 amide bonds. The number of nitrogens with zero attached hydrogens (tertiary/aromatic N) is 1. The first-order chi connectivity index (χ1) is 14.4. The van der Waals surface area contributed by atoms with Crippen molar-refractivity contribution in [2.75, 3.05) is 33.9 Å². The number of amides is 1. The van der Waals surface area contributed by atoms with Crippen LogP contribution in [0.25, 0.3) is 0 Å². The number of methoxy groups -OCH3 is 2. The quantitative estimate of drug-likeness (QED) is 0.693. The molecule has 0 unspecified atom stereocenters. The van der Waals surface area contributed by atoms with Gasteiger partial charge in [-0.3, -0.25) is 4.79 Å². The van der Waals surface area contributed by atoms with E-state index >= 15 is 0 Å². The summed E-state index contributed by atoms with van der Waals surface area (Å²) in [6, 6.07) is 11.9. The molecule has 30 heavy (non-hydrogen) atoms. The SMILES string of the molecule is COc1ccc(CCNS(=O)(=O)c2ccc(OC)c(C(=O)N3CCCCC3)c2)cc1. The van der Waals surface area contributed by atoms with Crippen LogP contribution < -0.4 is 14.2 Å². The van der Waals surface area contributed by atoms with Gasteiger partial charge in [0.2, 0.25) is 10.0 Å². The Morgan fingerprint density at radius 2 is 1.70 bits per heavy atom. The van der Waals surface area contributed by atoms with Crippen molar-refractivity contribution >= 4 is 15.9 Å². The summed E-state index contributed by atoms with van der Waals surface area (Å²) >= 11 is 0. The Morgan fingerprint density at radius 1 is 1.00 bits per heavy atom. The highest BCUT2D eigenvalue weighted by atomic mass is 32.2. The fourth-order valence-corrected chi connectivity index (χ4v) is 4.55. The van der Waals surface area contributed by atoms with Gasteiger partial charge >= 0.3 is 0 Å². The van der Waals surface area contributed by atoms with Crippen LogP contribution in [-0.2, 0) is 16.4 Å². The van der Waals surface area contributed by atoms with E-state index in [1.807, 2.05) is 24.3 Å². The lowest BCUT2D eigenvalue weighted by Crippen LogP contribution is -2.36. The van der Waals surface area contributed by atoms with Crippen LogP contribution in [0.2, 0.25) is 0 Å². The fraction of sp³-hybridized carbons (Fsp3) is 0.409. The van der Waals surface area contributed by atoms with Crippen LogP contribution in [0.15, 0.2) is 47.4 Å². The van der Waals surface area contributed by atoms with Crippen LogP contribution in [-0.4, -0.2) is 53.1 Å². The van der Waals surface area contributed by atoms with Crippen LogP contribution >= 0.6 is 0 Å². The first-order valence-corrected chi connectivity index (χ1v) is 11.5. The van der Waals surface area contributed by atoms with Gasteiger partial charge in [-0.15, -0.1) is 0 Å². The molecule has 2 aromatic rings. The monoisotopic (exact) mass is 432 g/mol. The van der Waals surface area contributed by atoms with E-state index in [2.05, 4.69) is 4.72 Å². The Balaban J connectivity index is 1.72. The van der Waals surface area contributed by atoms with Gasteiger partial charge in [0.05, 0.1) is 24.7 Å². The van der Waals surface area contributed by atoms with Gasteiger partial charge in [-0.05, 0) is 61.6 Å². The van der Waals surface area contributed by atoms with Crippen molar-refractivity contribution < 1.29 is 22.7 Å². The number of sulfonamides is 1. The van der Waals surface area contributed by atoms with Gasteiger partial charge in [-0.2, -0.15) is 0 Å². The molecule has 0 spiro atoms. The molecule has 1 N–H and O–H groups in total. The molecule has 162 valence electrons. The molecule has 0 bridgehead atoms. The lowest BCUT2D eigenvalue weighted by Gasteiger charge is -2.27. The number of likely N-dealkylation sites (tertiary alicyclic amines) is 1. The molecule has 1 saturated heterocycles. The minimum atomic E-state index is -3.76. The summed E-state index contributed by atoms with van der Waals surface area (Å²) in [6.07, 6.45) is 3.56. The van der Waals surface area contributed by atoms with E-state index in [0.29, 0.717) is 25.3 Å². The maximum atomic E-state index is 12.9. The average molecular weight is 433 g/mol. The topological polar surface area (TPSA) is 84.9 Å². The van der Waals surface area contributed by atoms with E-state index in [4.69, 9.17) is 9.47 Å². The van der Waals surface area contributed by atoms with Crippen molar-refractivity contribution in [2.45, 2.75) is 30.6 Å². The van der Waals surface area contributed by atoms with E-state index in [9.17, 15) is 13.2 Å². The molecule has 1 aliphatic heterocycles. The molecule has 2 aromatic carbocycles. The Labute approximate surface area is 178 Å². The van der Waals surface area contributed by atoms with Gasteiger partial charge in [0.1, 0.15) is 11.5 Å². The third kappa shape index (κ3) is 5.31. The molecule has 0 atom stereocenters. The molecule has 0 aliphatic carbocycles. The Kier molecular flexibility index (Phi) is 7.33. The van der Waals surface area contributed by atoms with Crippen LogP contribution in [0.1, 0.15) is 35.2 Å². The van der Waals surface area contributed by atoms with Gasteiger partial charge < -0.3 is 14.4 Å². The summed E-state index contributed by atoms with van der Waals surface area (Å²) in [7, 11) is -0.681. The van der Waals surface area contributed by atoms with Crippen molar-refractivity contribution in [2.24, 2.45) is 0 Å². The largest absolute Gasteiger partial charge is 0.497 e. The predicted octanol–water partition coefficient (Wildman–Crippen LogP) is 2.85. The number of hydrogen-bond acceptors (Lipinski definition) is 5. The third-order valence-corrected chi connectivity index (χ3v) is 6.68. The van der Waals surface area contributed by atoms with Crippen molar-refractivity contribution in [3.05, 3.63) is 53.6 Å². The first-order valence-electron chi connectivity index (χ1n) is 10.0. The summed E-state index contributed by atoms with van der Waals surface area (Å²) in [5, 5.41) is 0. The maximum Gasteiger partial charge on any atom is 0.257 e. The minimum absolute atomic E-state index is 0.0541. The highest BCUT2D eigenvalue weighted by Gasteiger charge is 2.24. The van der Waals surface area contributed by atoms with Crippen molar-refractivity contribution in [1.82, 2.24) is 9.62 Å². The summed E-state index contributed by atoms with van der Waals surface area (Å²) in [6.45, 7) is 1.61. The number of carbonyl (C=O) groups excluding carboxylic acids is 1. The highest BCUT2D eigenvalue weighted by molar-refractivity contribution is 7.89. The van der Waals surface area contributed by atoms with E-state index in [1.165, 1.54) is 25.3 Å². The second kappa shape index (κ2) is 9.95. The number of benzene rings is 2. The van der Waals surface area contributed by atoms with E-state index in [-0.39, 0.29) is 22.9 Å². The maximum absolute atomic E-state index is 12.9. The number of nitrogens with one attached hydrogen (secondary N) is 1. The van der Waals surface area contributed by atoms with E-state index < -0.39 is 10.0 Å². The molecule has 1 aliphatic rings. The fourth-order valence-electron chi connectivity index (χ4n) is 3.49. The zero-order chi connectivity index (χ0) is 21.6. The molecule has 1 heterocycles. The molecule has 8 heteroatoms. The molecular formula is C22H28N2O5S. The van der Waals surface area contributed by atoms with Gasteiger partial charge in [-0.25, -0.2) is 13.1 Å². The Bertz CT molecular complexity index is 968. The zero-order valence-corrected chi connectivity index (χ0v) is 18.2. The highest BCUT2D eigenvalue weighted by Crippen LogP contribution is 2.25. The second-order valence-corrected chi connectivity index (χ2v) is 8.98. The van der Waals surface area contributed by atoms with Crippen molar-refractivity contribution in [1.29, 1.82) is 0 Å². The summed E-state index contributed by atoms with van der Waals surface area (Å²) in [5.74, 6) is 0.938. The summed E-state index contributed by atoms with van der Waals surface area (Å²) in [5.41, 5.74) is 1.27. The summed E-state index contributed by atoms with van der Waals surface area (Å²) in [4.78, 5) is 14.7. The molecule has 0 aromatic heterocycles. The van der Waals surface area contributed by atoms with Crippen LogP contribution in [0.5, 0.6) is 11.5 Å². The normalized spacial score (nSPS) is 14.4. The van der Waals surface area contributed by atoms with Crippen LogP contribution in [0, 0.1) is 0 Å². The number of hydrogen-bond donors (Lipinski definition) is 1. The van der Waals surface area contributed by atoms with Crippen LogP contribution in [0.3, 0.4) is 0 Å². The van der Waals surface area contributed by atoms with Gasteiger partial charge in [0, 0.05) is 19.6 Å².